The van der Waals surface area contributed by atoms with E-state index in [-0.39, 0.29) is 84.2 Å². The molecule has 4 aliphatic heterocycles. The first kappa shape index (κ1) is 55.8. The molecule has 1 unspecified atom stereocenters. The van der Waals surface area contributed by atoms with E-state index >= 15 is 0 Å². The number of nitrogen functional groups attached to an aromatic ring is 1. The molecule has 0 saturated carbocycles. The number of sulfone groups is 1. The van der Waals surface area contributed by atoms with Crippen LogP contribution in [-0.4, -0.2) is 129 Å². The van der Waals surface area contributed by atoms with Crippen LogP contribution in [0.2, 0.25) is 51.4 Å². The maximum absolute atomic E-state index is 14.5. The van der Waals surface area contributed by atoms with Crippen molar-refractivity contribution in [3.63, 3.8) is 0 Å². The van der Waals surface area contributed by atoms with Gasteiger partial charge in [-0.15, -0.1) is 0 Å². The number of benzene rings is 3. The molecule has 74 heavy (non-hydrogen) atoms. The van der Waals surface area contributed by atoms with Crippen LogP contribution in [0.4, 0.5) is 30.2 Å². The van der Waals surface area contributed by atoms with E-state index < -0.39 is 85.5 Å². The van der Waals surface area contributed by atoms with Gasteiger partial charge in [0.05, 0.1) is 48.2 Å². The second-order valence-corrected chi connectivity index (χ2v) is 34.0. The van der Waals surface area contributed by atoms with E-state index in [1.165, 1.54) is 48.3 Å². The van der Waals surface area contributed by atoms with E-state index in [4.69, 9.17) is 39.2 Å². The number of carbonyl (C=O) groups excluding carboxylic acids is 4. The fraction of sp³-hybridized carbons (Fsp3) is 0.480. The van der Waals surface area contributed by atoms with Gasteiger partial charge in [-0.2, -0.15) is 18.1 Å². The highest BCUT2D eigenvalue weighted by Gasteiger charge is 2.53. The molecule has 4 aliphatic rings. The first-order chi connectivity index (χ1) is 34.8. The highest BCUT2D eigenvalue weighted by molar-refractivity contribution is 7.96. The van der Waals surface area contributed by atoms with Crippen molar-refractivity contribution in [2.75, 3.05) is 63.0 Å². The Balaban J connectivity index is 1.12. The van der Waals surface area contributed by atoms with Crippen LogP contribution in [0, 0.1) is 0 Å². The summed E-state index contributed by atoms with van der Waals surface area (Å²) in [6, 6.07) is 12.0. The SMILES string of the molecule is CCC(CCOOc1cc2c(cc1OC)C(=O)N1C=C(c3ccc(N)cc3)C[C@H]1C(=O)N2COCC[Si](C)(C)C)Oc1cc2c(cc1OC)C(=O)N1C=C(S(=O)(=O)C(F)(F)F)C[C@H]1C(=O)N2COCC[Si](C)(C)C. The molecule has 3 atom stereocenters. The maximum Gasteiger partial charge on any atom is 0.501 e. The van der Waals surface area contributed by atoms with Crippen molar-refractivity contribution in [3.05, 3.63) is 82.5 Å². The molecule has 402 valence electrons. The molecule has 0 bridgehead atoms. The topological polar surface area (TPSA) is 206 Å². The molecule has 0 spiro atoms. The van der Waals surface area contributed by atoms with Gasteiger partial charge in [0.2, 0.25) is 5.75 Å². The molecule has 0 aliphatic carbocycles. The predicted molar refractivity (Wildman–Crippen MR) is 276 cm³/mol. The van der Waals surface area contributed by atoms with E-state index in [2.05, 4.69) is 39.3 Å². The van der Waals surface area contributed by atoms with Gasteiger partial charge in [-0.25, -0.2) is 8.42 Å². The highest BCUT2D eigenvalue weighted by Crippen LogP contribution is 2.45. The Bertz CT molecular complexity index is 2820. The summed E-state index contributed by atoms with van der Waals surface area (Å²) in [5, 5.41) is 0. The third-order valence-corrected chi connectivity index (χ3v) is 18.0. The van der Waals surface area contributed by atoms with Crippen LogP contribution in [0.3, 0.4) is 0 Å². The number of ether oxygens (including phenoxy) is 5. The van der Waals surface area contributed by atoms with Gasteiger partial charge in [0.25, 0.3) is 33.5 Å². The first-order valence-electron chi connectivity index (χ1n) is 24.2. The van der Waals surface area contributed by atoms with Crippen LogP contribution in [0.5, 0.6) is 23.0 Å². The molecule has 24 heteroatoms. The summed E-state index contributed by atoms with van der Waals surface area (Å²) in [6.45, 7) is 14.9. The lowest BCUT2D eigenvalue weighted by Crippen LogP contribution is -2.45. The van der Waals surface area contributed by atoms with Crippen molar-refractivity contribution in [1.82, 2.24) is 9.80 Å². The van der Waals surface area contributed by atoms with Gasteiger partial charge in [0.15, 0.2) is 17.2 Å². The number of carbonyl (C=O) groups is 4. The third-order valence-electron chi connectivity index (χ3n) is 13.0. The normalized spacial score (nSPS) is 18.5. The molecule has 3 aromatic rings. The maximum atomic E-state index is 14.5. The Kier molecular flexibility index (Phi) is 16.7. The lowest BCUT2D eigenvalue weighted by Gasteiger charge is -2.27. The second kappa shape index (κ2) is 22.1. The minimum absolute atomic E-state index is 0.0164. The average Bonchev–Trinajstić information content (AvgIpc) is 3.97. The number of fused-ring (bicyclic) bond motifs is 4. The van der Waals surface area contributed by atoms with Crippen molar-refractivity contribution in [2.24, 2.45) is 0 Å². The van der Waals surface area contributed by atoms with Crippen molar-refractivity contribution in [2.45, 2.75) is 108 Å². The zero-order valence-electron chi connectivity index (χ0n) is 43.0. The number of anilines is 3. The number of hydrogen-bond donors (Lipinski definition) is 1. The summed E-state index contributed by atoms with van der Waals surface area (Å²) in [6.07, 6.45) is 1.64. The molecule has 2 N–H and O–H groups in total. The molecule has 4 amide bonds. The number of hydrogen-bond acceptors (Lipinski definition) is 14. The van der Waals surface area contributed by atoms with E-state index in [9.17, 15) is 40.8 Å². The average molecular weight is 1090 g/mol. The zero-order chi connectivity index (χ0) is 54.1. The summed E-state index contributed by atoms with van der Waals surface area (Å²) in [5.74, 6) is -2.21. The summed E-state index contributed by atoms with van der Waals surface area (Å²) in [5.41, 5.74) is 2.76. The Hall–Kier alpha value is -5.93. The summed E-state index contributed by atoms with van der Waals surface area (Å²) < 4.78 is 95.8. The van der Waals surface area contributed by atoms with Crippen LogP contribution in [0.1, 0.15) is 58.9 Å². The van der Waals surface area contributed by atoms with Crippen LogP contribution in [0.25, 0.3) is 5.57 Å². The number of nitrogens with two attached hydrogens (primary N) is 1. The second-order valence-electron chi connectivity index (χ2n) is 20.8. The highest BCUT2D eigenvalue weighted by atomic mass is 32.2. The molecular formula is C50H64F3N5O13SSi2. The number of halogens is 3. The van der Waals surface area contributed by atoms with Gasteiger partial charge in [0.1, 0.15) is 31.6 Å². The van der Waals surface area contributed by atoms with Crippen molar-refractivity contribution < 1.29 is 74.2 Å². The largest absolute Gasteiger partial charge is 0.501 e. The Morgan fingerprint density at radius 1 is 0.703 bits per heavy atom. The number of methoxy groups -OCH3 is 2. The van der Waals surface area contributed by atoms with Gasteiger partial charge >= 0.3 is 5.51 Å². The van der Waals surface area contributed by atoms with E-state index in [1.807, 2.05) is 19.1 Å². The van der Waals surface area contributed by atoms with Gasteiger partial charge in [0, 0.05) is 78.8 Å². The molecule has 3 aromatic carbocycles. The number of amides is 4. The van der Waals surface area contributed by atoms with Gasteiger partial charge in [-0.1, -0.05) is 58.3 Å². The monoisotopic (exact) mass is 1090 g/mol. The summed E-state index contributed by atoms with van der Waals surface area (Å²) >= 11 is 0. The molecule has 0 aromatic heterocycles. The molecule has 4 heterocycles. The van der Waals surface area contributed by atoms with Crippen molar-refractivity contribution in [1.29, 1.82) is 0 Å². The quantitative estimate of drug-likeness (QED) is 0.0330. The van der Waals surface area contributed by atoms with Crippen LogP contribution in [0.15, 0.2) is 65.8 Å². The van der Waals surface area contributed by atoms with Crippen LogP contribution < -0.4 is 34.6 Å². The predicted octanol–water partition coefficient (Wildman–Crippen LogP) is 8.41. The first-order valence-corrected chi connectivity index (χ1v) is 33.1. The smallest absolute Gasteiger partial charge is 0.493 e. The fourth-order valence-electron chi connectivity index (χ4n) is 8.62. The van der Waals surface area contributed by atoms with E-state index in [0.717, 1.165) is 22.1 Å². The van der Waals surface area contributed by atoms with Gasteiger partial charge < -0.3 is 44.1 Å². The third kappa shape index (κ3) is 12.1. The lowest BCUT2D eigenvalue weighted by molar-refractivity contribution is -0.211. The lowest BCUT2D eigenvalue weighted by atomic mass is 10.0. The zero-order valence-corrected chi connectivity index (χ0v) is 45.8. The van der Waals surface area contributed by atoms with E-state index in [1.54, 1.807) is 18.3 Å². The van der Waals surface area contributed by atoms with Crippen LogP contribution >= 0.6 is 0 Å². The molecular weight excluding hydrogens is 1020 g/mol. The van der Waals surface area contributed by atoms with Crippen molar-refractivity contribution >= 4 is 72.2 Å². The Morgan fingerprint density at radius 2 is 1.20 bits per heavy atom. The fourth-order valence-corrected chi connectivity index (χ4v) is 11.1. The molecule has 0 radical (unpaired) electrons. The number of alkyl halides is 3. The van der Waals surface area contributed by atoms with E-state index in [0.29, 0.717) is 35.9 Å². The molecule has 0 fully saturated rings. The van der Waals surface area contributed by atoms with Gasteiger partial charge in [-0.05, 0) is 53.9 Å². The number of rotatable bonds is 22. The standard InChI is InChI=1S/C50H64F3N5O13SSi2/c1-10-34(70-44-25-38-36(23-42(44)65-2)47(60)56-28-35(72(63,64)50(51,52)53)22-41(56)49(62)57(38)29-67-17-19-73(4,5)6)15-16-69-71-45-26-39-37(24-43(45)66-3)46(59)55-27-32(31-11-13-33(54)14-12-31)21-40(55)48(61)58(39)30-68-18-20-74(7,8)9/h11-14,23-28,34,40-41H,10,15-22,29-30,54H2,1-9H3/t34?,40-,41-/m0/s1. The Labute approximate surface area is 430 Å². The van der Waals surface area contributed by atoms with Crippen molar-refractivity contribution in [3.8, 4) is 23.0 Å². The van der Waals surface area contributed by atoms with Gasteiger partial charge in [-0.3, -0.25) is 29.0 Å². The molecule has 7 rings (SSSR count). The van der Waals surface area contributed by atoms with Crippen LogP contribution in [-0.2, 0) is 33.8 Å². The molecule has 0 saturated heterocycles. The molecule has 18 nitrogen and oxygen atoms in total. The number of nitrogens with zero attached hydrogens (tertiary/aromatic N) is 4. The summed E-state index contributed by atoms with van der Waals surface area (Å²) in [7, 11) is -6.25. The minimum atomic E-state index is -5.86. The summed E-state index contributed by atoms with van der Waals surface area (Å²) in [4.78, 5) is 72.5. The Morgan fingerprint density at radius 3 is 1.70 bits per heavy atom. The minimum Gasteiger partial charge on any atom is -0.493 e.